The predicted octanol–water partition coefficient (Wildman–Crippen LogP) is 12.3. The van der Waals surface area contributed by atoms with Crippen molar-refractivity contribution >= 4 is 87.2 Å². The maximum atomic E-state index is 13.3. The maximum Gasteiger partial charge on any atom is 0.410 e. The van der Waals surface area contributed by atoms with E-state index in [1.165, 1.54) is 0 Å². The molecule has 4 amide bonds. The number of amides is 4. The van der Waals surface area contributed by atoms with Crippen LogP contribution in [0.5, 0.6) is 0 Å². The van der Waals surface area contributed by atoms with Crippen LogP contribution in [0, 0.1) is 53.3 Å². The molecule has 8 N–H and O–H groups in total. The summed E-state index contributed by atoms with van der Waals surface area (Å²) in [6.07, 6.45) is 2.71. The quantitative estimate of drug-likeness (QED) is 0.0174. The SMILES string of the molecule is CC(C)(C)OC(=O)C(C(=O)OC(C)(C)C)C(O)C1CCN(C(=O)OC(C)(C)C)CC1.CC(C)(C)OC(=O)C(C(=O)OC(C)(C)C)C(O[Si](C)(C)C)C1CCN(C(=O)OC(C)(C)C)CC1.CC(C)(C)OC(=O)CC(=O)OC(C)(C)C.CC(C)(C)OC(=O)N1CCC(C(O)C(CO)CO)CC1.CC(C)(C)OC(=O)N1CCC(C=O)CC1.Cl.OCC(CO)C(O)C1CCNCC1. The average Bonchev–Trinajstić information content (AvgIpc) is 0.800. The third kappa shape index (κ3) is 55.3. The van der Waals surface area contributed by atoms with E-state index in [2.05, 4.69) is 5.32 Å². The van der Waals surface area contributed by atoms with Crippen molar-refractivity contribution in [2.45, 2.75) is 378 Å². The number of hydrogen-bond acceptors (Lipinski definition) is 30. The summed E-state index contributed by atoms with van der Waals surface area (Å²) in [5, 5.41) is 70.0. The third-order valence-corrected chi connectivity index (χ3v) is 20.1. The van der Waals surface area contributed by atoms with Gasteiger partial charge in [-0.15, -0.1) is 12.4 Å². The maximum absolute atomic E-state index is 13.3. The van der Waals surface area contributed by atoms with E-state index in [-0.39, 0.29) is 99.0 Å². The van der Waals surface area contributed by atoms with Gasteiger partial charge in [0.15, 0.2) is 20.2 Å². The summed E-state index contributed by atoms with van der Waals surface area (Å²) in [5.74, 6) is -7.66. The normalized spacial score (nSPS) is 17.6. The molecule has 5 rings (SSSR count). The van der Waals surface area contributed by atoms with Crippen LogP contribution in [0.4, 0.5) is 19.2 Å². The molecule has 5 saturated heterocycles. The molecule has 4 atom stereocenters. The Morgan fingerprint density at radius 1 is 0.328 bits per heavy atom. The van der Waals surface area contributed by atoms with Crippen molar-refractivity contribution in [3.63, 3.8) is 0 Å². The Hall–Kier alpha value is -6.28. The standard InChI is InChI=1S/C25H47NO7Si.C22H39NO7.C14H27NO5.C11H19NO3.C11H20O4.C9H19NO3.ClH/c1-23(2,3)30-20(27)18(21(28)31-24(4,5)6)19(33-34(10,11)12)17-13-15-26(16-14-17)22(29)32-25(7,8)9;1-20(2,3)28-17(25)15(18(26)29-21(4,5)6)16(24)14-10-12-23(13-11-14)19(27)30-22(7,8)9;1-14(2,3)20-13(19)15-6-4-10(5-7-15)12(18)11(8-16)9-17;1-11(2,3)15-10(14)12-6-4-9(8-13)5-7-12;1-10(2,3)14-8(12)7-9(13)15-11(4,5)6;11-5-8(6-12)9(13)7-1-3-10-4-2-7;/h17-19H,13-16H2,1-12H3;14-16,24H,10-13H2,1-9H3;10-12,16-18H,4-9H2,1-3H3;8-9H,4-7H2,1-3H3;7H2,1-6H3;7-13H,1-6H2;1H. The van der Waals surface area contributed by atoms with Gasteiger partial charge in [-0.1, -0.05) is 0 Å². The highest BCUT2D eigenvalue weighted by Crippen LogP contribution is 2.36. The molecule has 0 aromatic heterocycles. The summed E-state index contributed by atoms with van der Waals surface area (Å²) in [6.45, 7) is 64.4. The molecule has 0 saturated carbocycles. The van der Waals surface area contributed by atoms with Crippen LogP contribution >= 0.6 is 12.4 Å². The number of carbonyl (C=O) groups is 11. The molecule has 0 aromatic rings. The van der Waals surface area contributed by atoms with Crippen LogP contribution in [-0.4, -0.2) is 302 Å². The third-order valence-electron chi connectivity index (χ3n) is 19.1. The Morgan fingerprint density at radius 2 is 0.547 bits per heavy atom. The minimum atomic E-state index is -2.17. The van der Waals surface area contributed by atoms with Gasteiger partial charge in [0.1, 0.15) is 68.7 Å². The topological polar surface area (TPSA) is 456 Å². The summed E-state index contributed by atoms with van der Waals surface area (Å²) < 4.78 is 59.9. The van der Waals surface area contributed by atoms with Gasteiger partial charge in [-0.25, -0.2) is 19.2 Å². The van der Waals surface area contributed by atoms with E-state index < -0.39 is 148 Å². The van der Waals surface area contributed by atoms with Gasteiger partial charge in [-0.2, -0.15) is 0 Å². The Bertz CT molecular complexity index is 3240. The largest absolute Gasteiger partial charge is 0.460 e. The number of carbonyl (C=O) groups excluding carboxylic acids is 11. The summed E-state index contributed by atoms with van der Waals surface area (Å²) >= 11 is 0. The van der Waals surface area contributed by atoms with Crippen LogP contribution in [-0.2, 0) is 85.4 Å². The van der Waals surface area contributed by atoms with Gasteiger partial charge in [0, 0.05) is 70.1 Å². The van der Waals surface area contributed by atoms with E-state index in [0.29, 0.717) is 90.9 Å². The first-order valence-electron chi connectivity index (χ1n) is 45.0. The fraction of sp³-hybridized carbons (Fsp3) is 0.880. The van der Waals surface area contributed by atoms with Crippen LogP contribution < -0.4 is 5.32 Å². The summed E-state index contributed by atoms with van der Waals surface area (Å²) in [5.41, 5.74) is -6.40. The minimum Gasteiger partial charge on any atom is -0.460 e. The lowest BCUT2D eigenvalue weighted by Crippen LogP contribution is -2.52. The fourth-order valence-electron chi connectivity index (χ4n) is 13.5. The van der Waals surface area contributed by atoms with Gasteiger partial charge in [0.25, 0.3) is 0 Å². The lowest BCUT2D eigenvalue weighted by molar-refractivity contribution is -0.184. The van der Waals surface area contributed by atoms with Crippen LogP contribution in [0.1, 0.15) is 278 Å². The van der Waals surface area contributed by atoms with E-state index in [0.717, 1.165) is 45.1 Å². The highest BCUT2D eigenvalue weighted by atomic mass is 35.5. The van der Waals surface area contributed by atoms with Crippen LogP contribution in [0.3, 0.4) is 0 Å². The number of nitrogens with zero attached hydrogens (tertiary/aromatic N) is 4. The number of piperidine rings is 5. The molecule has 5 fully saturated rings. The van der Waals surface area contributed by atoms with Crippen molar-refractivity contribution in [3.05, 3.63) is 0 Å². The van der Waals surface area contributed by atoms with Gasteiger partial charge in [0.2, 0.25) is 0 Å². The summed E-state index contributed by atoms with van der Waals surface area (Å²) in [4.78, 5) is 140. The fourth-order valence-corrected chi connectivity index (χ4v) is 14.6. The van der Waals surface area contributed by atoms with E-state index in [9.17, 15) is 68.1 Å². The molecule has 0 aliphatic carbocycles. The number of rotatable bonds is 21. The minimum absolute atomic E-state index is 0. The van der Waals surface area contributed by atoms with E-state index in [1.54, 1.807) is 165 Å². The zero-order valence-corrected chi connectivity index (χ0v) is 85.9. The van der Waals surface area contributed by atoms with Crippen LogP contribution in [0.25, 0.3) is 0 Å². The Labute approximate surface area is 772 Å². The molecule has 0 aromatic carbocycles. The van der Waals surface area contributed by atoms with Crippen molar-refractivity contribution in [1.82, 2.24) is 24.9 Å². The van der Waals surface area contributed by atoms with Gasteiger partial charge in [0.05, 0.1) is 50.8 Å². The Morgan fingerprint density at radius 3 is 0.773 bits per heavy atom. The first-order valence-corrected chi connectivity index (χ1v) is 48.5. The smallest absolute Gasteiger partial charge is 0.410 e. The predicted molar refractivity (Wildman–Crippen MR) is 489 cm³/mol. The van der Waals surface area contributed by atoms with Gasteiger partial charge in [-0.3, -0.25) is 28.8 Å². The number of aliphatic hydroxyl groups is 7. The van der Waals surface area contributed by atoms with Gasteiger partial charge >= 0.3 is 60.2 Å². The first kappa shape index (κ1) is 124. The molecule has 5 heterocycles. The lowest BCUT2D eigenvalue weighted by Gasteiger charge is -2.41. The number of aliphatic hydroxyl groups excluding tert-OH is 7. The molecular formula is C92H172ClN5O29Si. The molecule has 34 nitrogen and oxygen atoms in total. The number of ether oxygens (including phenoxy) is 10. The van der Waals surface area contributed by atoms with Gasteiger partial charge in [-0.05, 0) is 328 Å². The second-order valence-electron chi connectivity index (χ2n) is 44.3. The van der Waals surface area contributed by atoms with Crippen LogP contribution in [0.15, 0.2) is 0 Å². The highest BCUT2D eigenvalue weighted by molar-refractivity contribution is 6.69. The van der Waals surface area contributed by atoms with Crippen molar-refractivity contribution in [3.8, 4) is 0 Å². The molecule has 5 aliphatic heterocycles. The zero-order chi connectivity index (χ0) is 99.0. The number of halogens is 1. The number of nitrogens with one attached hydrogen (secondary N) is 1. The second kappa shape index (κ2) is 54.2. The first-order chi connectivity index (χ1) is 57.5. The number of esters is 6. The number of likely N-dealkylation sites (tertiary alicyclic amines) is 4. The molecule has 750 valence electrons. The number of hydrogen-bond donors (Lipinski definition) is 8. The Kier molecular flexibility index (Phi) is 52.4. The molecule has 0 bridgehead atoms. The molecule has 5 aliphatic rings. The molecule has 4 unspecified atom stereocenters. The molecular weight excluding hydrogens is 1700 g/mol. The molecule has 128 heavy (non-hydrogen) atoms. The second-order valence-corrected chi connectivity index (χ2v) is 48.8. The van der Waals surface area contributed by atoms with Crippen molar-refractivity contribution in [2.75, 3.05) is 91.9 Å². The molecule has 36 heteroatoms. The lowest BCUT2D eigenvalue weighted by atomic mass is 9.84. The highest BCUT2D eigenvalue weighted by Gasteiger charge is 2.49. The molecule has 0 spiro atoms. The molecule has 0 radical (unpaired) electrons. The van der Waals surface area contributed by atoms with E-state index in [4.69, 9.17) is 72.2 Å². The average molecular weight is 1880 g/mol. The van der Waals surface area contributed by atoms with E-state index >= 15 is 0 Å². The number of aldehydes is 1. The monoisotopic (exact) mass is 1870 g/mol. The zero-order valence-electron chi connectivity index (χ0n) is 84.1. The Balaban J connectivity index is 0. The summed E-state index contributed by atoms with van der Waals surface area (Å²) in [6, 6.07) is 0. The summed E-state index contributed by atoms with van der Waals surface area (Å²) in [7, 11) is -2.17. The van der Waals surface area contributed by atoms with E-state index in [1.807, 2.05) is 82.0 Å². The van der Waals surface area contributed by atoms with Crippen LogP contribution in [0.2, 0.25) is 19.6 Å². The van der Waals surface area contributed by atoms with Crippen molar-refractivity contribution < 1.29 is 140 Å². The van der Waals surface area contributed by atoms with Gasteiger partial charge < -0.3 is 117 Å². The van der Waals surface area contributed by atoms with Crippen molar-refractivity contribution in [1.29, 1.82) is 0 Å². The van der Waals surface area contributed by atoms with Crippen molar-refractivity contribution in [2.24, 2.45) is 53.3 Å².